The number of hydrogen-bond acceptors (Lipinski definition) is 5. The van der Waals surface area contributed by atoms with Gasteiger partial charge in [-0.15, -0.1) is 0 Å². The van der Waals surface area contributed by atoms with E-state index in [0.717, 1.165) is 0 Å². The van der Waals surface area contributed by atoms with Crippen LogP contribution in [0.3, 0.4) is 0 Å². The minimum Gasteiger partial charge on any atom is -0.465 e. The lowest BCUT2D eigenvalue weighted by Crippen LogP contribution is -2.25. The average molecular weight is 286 g/mol. The zero-order chi connectivity index (χ0) is 14.6. The van der Waals surface area contributed by atoms with Crippen molar-refractivity contribution in [3.63, 3.8) is 0 Å². The second-order valence-electron chi connectivity index (χ2n) is 4.20. The van der Waals surface area contributed by atoms with Crippen LogP contribution in [0.2, 0.25) is 0 Å². The molecule has 0 spiro atoms. The van der Waals surface area contributed by atoms with Crippen LogP contribution < -0.4 is 10.5 Å². The molecule has 0 aliphatic heterocycles. The zero-order valence-corrected chi connectivity index (χ0v) is 12.0. The number of hydrogen-bond donors (Lipinski definition) is 2. The molecule has 0 saturated carbocycles. The first-order valence-corrected chi connectivity index (χ1v) is 7.43. The molecule has 0 fully saturated rings. The molecule has 0 atom stereocenters. The van der Waals surface area contributed by atoms with Crippen LogP contribution in [0.4, 0.5) is 11.4 Å². The van der Waals surface area contributed by atoms with Gasteiger partial charge in [0.1, 0.15) is 0 Å². The number of nitrogens with two attached hydrogens (primary N) is 1. The summed E-state index contributed by atoms with van der Waals surface area (Å²) >= 11 is 0. The SMILES string of the molecule is CCOC(=O)CS(=O)(=O)Nc1c(C)cc(N)cc1C. The monoisotopic (exact) mass is 286 g/mol. The summed E-state index contributed by atoms with van der Waals surface area (Å²) in [5.41, 5.74) is 8.06. The Hall–Kier alpha value is -1.76. The van der Waals surface area contributed by atoms with Gasteiger partial charge in [0.2, 0.25) is 10.0 Å². The van der Waals surface area contributed by atoms with Crippen molar-refractivity contribution in [2.24, 2.45) is 0 Å². The van der Waals surface area contributed by atoms with Crippen LogP contribution in [0.15, 0.2) is 12.1 Å². The van der Waals surface area contributed by atoms with Crippen LogP contribution >= 0.6 is 0 Å². The first kappa shape index (κ1) is 15.3. The van der Waals surface area contributed by atoms with E-state index in [1.807, 2.05) is 0 Å². The number of sulfonamides is 1. The van der Waals surface area contributed by atoms with E-state index < -0.39 is 21.7 Å². The molecule has 0 aliphatic rings. The van der Waals surface area contributed by atoms with Crippen LogP contribution in [0, 0.1) is 13.8 Å². The Morgan fingerprint density at radius 1 is 1.32 bits per heavy atom. The van der Waals surface area contributed by atoms with Crippen molar-refractivity contribution in [2.75, 3.05) is 22.8 Å². The summed E-state index contributed by atoms with van der Waals surface area (Å²) in [4.78, 5) is 11.2. The number of anilines is 2. The highest BCUT2D eigenvalue weighted by Crippen LogP contribution is 2.24. The lowest BCUT2D eigenvalue weighted by molar-refractivity contribution is -0.139. The highest BCUT2D eigenvalue weighted by atomic mass is 32.2. The Morgan fingerprint density at radius 3 is 2.32 bits per heavy atom. The number of aryl methyl sites for hydroxylation is 2. The standard InChI is InChI=1S/C12H18N2O4S/c1-4-18-11(15)7-19(16,17)14-12-8(2)5-10(13)6-9(12)3/h5-6,14H,4,7,13H2,1-3H3. The number of esters is 1. The molecule has 3 N–H and O–H groups in total. The van der Waals surface area contributed by atoms with Gasteiger partial charge in [0.05, 0.1) is 12.3 Å². The maximum absolute atomic E-state index is 11.8. The summed E-state index contributed by atoms with van der Waals surface area (Å²) < 4.78 is 30.7. The predicted molar refractivity (Wildman–Crippen MR) is 74.4 cm³/mol. The molecule has 7 heteroatoms. The van der Waals surface area contributed by atoms with Crippen molar-refractivity contribution in [1.29, 1.82) is 0 Å². The third kappa shape index (κ3) is 4.44. The Morgan fingerprint density at radius 2 is 1.84 bits per heavy atom. The van der Waals surface area contributed by atoms with Crippen LogP contribution in [-0.2, 0) is 19.6 Å². The number of carbonyl (C=O) groups is 1. The van der Waals surface area contributed by atoms with E-state index in [1.54, 1.807) is 32.9 Å². The van der Waals surface area contributed by atoms with Crippen molar-refractivity contribution in [3.8, 4) is 0 Å². The second-order valence-corrected chi connectivity index (χ2v) is 5.92. The number of nitrogen functional groups attached to an aromatic ring is 1. The fourth-order valence-electron chi connectivity index (χ4n) is 1.71. The van der Waals surface area contributed by atoms with Crippen molar-refractivity contribution in [3.05, 3.63) is 23.3 Å². The number of benzene rings is 1. The van der Waals surface area contributed by atoms with Gasteiger partial charge >= 0.3 is 5.97 Å². The van der Waals surface area contributed by atoms with E-state index in [9.17, 15) is 13.2 Å². The highest BCUT2D eigenvalue weighted by molar-refractivity contribution is 7.93. The average Bonchev–Trinajstić information content (AvgIpc) is 2.23. The van der Waals surface area contributed by atoms with Crippen molar-refractivity contribution in [2.45, 2.75) is 20.8 Å². The van der Waals surface area contributed by atoms with Crippen molar-refractivity contribution >= 4 is 27.4 Å². The zero-order valence-electron chi connectivity index (χ0n) is 11.2. The lowest BCUT2D eigenvalue weighted by atomic mass is 10.1. The Kier molecular flexibility index (Phi) is 4.77. The van der Waals surface area contributed by atoms with E-state index in [0.29, 0.717) is 22.5 Å². The Bertz CT molecular complexity index is 558. The van der Waals surface area contributed by atoms with Crippen LogP contribution in [0.5, 0.6) is 0 Å². The number of nitrogens with one attached hydrogen (secondary N) is 1. The molecule has 0 saturated heterocycles. The molecule has 1 aromatic carbocycles. The first-order valence-electron chi connectivity index (χ1n) is 5.78. The molecular formula is C12H18N2O4S. The third-order valence-corrected chi connectivity index (χ3v) is 3.56. The molecule has 106 valence electrons. The molecule has 0 radical (unpaired) electrons. The summed E-state index contributed by atoms with van der Waals surface area (Å²) in [5, 5.41) is 0. The molecule has 0 aromatic heterocycles. The van der Waals surface area contributed by atoms with Crippen LogP contribution in [-0.4, -0.2) is 26.7 Å². The van der Waals surface area contributed by atoms with Crippen molar-refractivity contribution < 1.29 is 17.9 Å². The molecule has 0 heterocycles. The van der Waals surface area contributed by atoms with Crippen LogP contribution in [0.1, 0.15) is 18.1 Å². The van der Waals surface area contributed by atoms with Gasteiger partial charge in [0.15, 0.2) is 5.75 Å². The topological polar surface area (TPSA) is 98.5 Å². The second kappa shape index (κ2) is 5.92. The fourth-order valence-corrected chi connectivity index (χ4v) is 2.81. The minimum atomic E-state index is -3.78. The van der Waals surface area contributed by atoms with E-state index in [4.69, 9.17) is 5.73 Å². The molecule has 1 aromatic rings. The molecule has 1 rings (SSSR count). The lowest BCUT2D eigenvalue weighted by Gasteiger charge is -2.13. The largest absolute Gasteiger partial charge is 0.465 e. The molecule has 0 unspecified atom stereocenters. The molecule has 6 nitrogen and oxygen atoms in total. The van der Waals surface area contributed by atoms with E-state index >= 15 is 0 Å². The Balaban J connectivity index is 2.93. The molecule has 0 aliphatic carbocycles. The predicted octanol–water partition coefficient (Wildman–Crippen LogP) is 1.19. The molecule has 0 amide bonds. The van der Waals surface area contributed by atoms with Gasteiger partial charge in [0, 0.05) is 5.69 Å². The van der Waals surface area contributed by atoms with Crippen LogP contribution in [0.25, 0.3) is 0 Å². The normalized spacial score (nSPS) is 11.1. The van der Waals surface area contributed by atoms with Crippen molar-refractivity contribution in [1.82, 2.24) is 0 Å². The van der Waals surface area contributed by atoms with Gasteiger partial charge in [-0.25, -0.2) is 8.42 Å². The van der Waals surface area contributed by atoms with E-state index in [-0.39, 0.29) is 6.61 Å². The summed E-state index contributed by atoms with van der Waals surface area (Å²) in [6.07, 6.45) is 0. The smallest absolute Gasteiger partial charge is 0.323 e. The minimum absolute atomic E-state index is 0.147. The van der Waals surface area contributed by atoms with Gasteiger partial charge in [-0.1, -0.05) is 0 Å². The van der Waals surface area contributed by atoms with Gasteiger partial charge < -0.3 is 10.5 Å². The van der Waals surface area contributed by atoms with Gasteiger partial charge in [-0.05, 0) is 44.0 Å². The van der Waals surface area contributed by atoms with E-state index in [1.165, 1.54) is 0 Å². The summed E-state index contributed by atoms with van der Waals surface area (Å²) in [6, 6.07) is 3.32. The number of ether oxygens (including phenoxy) is 1. The van der Waals surface area contributed by atoms with Gasteiger partial charge in [-0.3, -0.25) is 9.52 Å². The number of carbonyl (C=O) groups excluding carboxylic acids is 1. The quantitative estimate of drug-likeness (QED) is 0.626. The summed E-state index contributed by atoms with van der Waals surface area (Å²) in [7, 11) is -3.78. The Labute approximate surface area is 113 Å². The maximum Gasteiger partial charge on any atom is 0.323 e. The maximum atomic E-state index is 11.8. The molecule has 19 heavy (non-hydrogen) atoms. The molecular weight excluding hydrogens is 268 g/mol. The molecule has 0 bridgehead atoms. The summed E-state index contributed by atoms with van der Waals surface area (Å²) in [6.45, 7) is 5.25. The number of rotatable bonds is 5. The van der Waals surface area contributed by atoms with Gasteiger partial charge in [0.25, 0.3) is 0 Å². The fraction of sp³-hybridized carbons (Fsp3) is 0.417. The van der Waals surface area contributed by atoms with E-state index in [2.05, 4.69) is 9.46 Å². The third-order valence-electron chi connectivity index (χ3n) is 2.43. The summed E-state index contributed by atoms with van der Waals surface area (Å²) in [5.74, 6) is -1.48. The van der Waals surface area contributed by atoms with Gasteiger partial charge in [-0.2, -0.15) is 0 Å². The highest BCUT2D eigenvalue weighted by Gasteiger charge is 2.19. The first-order chi connectivity index (χ1) is 8.75.